The fourth-order valence-electron chi connectivity index (χ4n) is 0.951. The molecule has 2 rings (SSSR count). The SMILES string of the molecule is NOc1snc2ccccc12. The third-order valence-electron chi connectivity index (χ3n) is 1.46. The second kappa shape index (κ2) is 2.48. The van der Waals surface area contributed by atoms with Crippen LogP contribution in [0.4, 0.5) is 0 Å². The zero-order chi connectivity index (χ0) is 7.68. The molecule has 0 saturated carbocycles. The maximum absolute atomic E-state index is 5.03. The van der Waals surface area contributed by atoms with E-state index in [-0.39, 0.29) is 0 Å². The Morgan fingerprint density at radius 2 is 2.18 bits per heavy atom. The molecule has 1 aromatic carbocycles. The smallest absolute Gasteiger partial charge is 0.227 e. The summed E-state index contributed by atoms with van der Waals surface area (Å²) in [6.07, 6.45) is 0. The van der Waals surface area contributed by atoms with Gasteiger partial charge in [0.15, 0.2) is 0 Å². The predicted octanol–water partition coefficient (Wildman–Crippen LogP) is 1.55. The molecule has 11 heavy (non-hydrogen) atoms. The van der Waals surface area contributed by atoms with Crippen molar-refractivity contribution in [1.82, 2.24) is 4.37 Å². The minimum absolute atomic E-state index is 0.667. The molecule has 0 fully saturated rings. The van der Waals surface area contributed by atoms with Gasteiger partial charge in [0.1, 0.15) is 0 Å². The fourth-order valence-corrected chi connectivity index (χ4v) is 1.61. The van der Waals surface area contributed by atoms with Crippen LogP contribution in [-0.4, -0.2) is 4.37 Å². The molecule has 0 atom stereocenters. The van der Waals surface area contributed by atoms with Crippen molar-refractivity contribution < 1.29 is 4.84 Å². The number of nitrogens with two attached hydrogens (primary N) is 1. The maximum atomic E-state index is 5.03. The predicted molar refractivity (Wildman–Crippen MR) is 44.4 cm³/mol. The number of fused-ring (bicyclic) bond motifs is 1. The van der Waals surface area contributed by atoms with Crippen LogP contribution >= 0.6 is 11.5 Å². The summed E-state index contributed by atoms with van der Waals surface area (Å²) >= 11 is 1.27. The van der Waals surface area contributed by atoms with Crippen molar-refractivity contribution >= 4 is 22.4 Å². The number of aromatic nitrogens is 1. The van der Waals surface area contributed by atoms with Crippen molar-refractivity contribution in [2.24, 2.45) is 5.90 Å². The molecule has 2 aromatic rings. The Morgan fingerprint density at radius 1 is 1.36 bits per heavy atom. The highest BCUT2D eigenvalue weighted by molar-refractivity contribution is 7.09. The van der Waals surface area contributed by atoms with Crippen molar-refractivity contribution in [2.45, 2.75) is 0 Å². The Balaban J connectivity index is 2.76. The Labute approximate surface area is 67.5 Å². The standard InChI is InChI=1S/C7H6N2OS/c8-10-7-5-3-1-2-4-6(5)9-11-7/h1-4H,8H2. The number of rotatable bonds is 1. The zero-order valence-corrected chi connectivity index (χ0v) is 6.47. The van der Waals surface area contributed by atoms with Crippen LogP contribution in [0.25, 0.3) is 10.9 Å². The zero-order valence-electron chi connectivity index (χ0n) is 5.65. The average molecular weight is 166 g/mol. The lowest BCUT2D eigenvalue weighted by Crippen LogP contribution is -1.99. The maximum Gasteiger partial charge on any atom is 0.227 e. The lowest BCUT2D eigenvalue weighted by atomic mass is 10.3. The van der Waals surface area contributed by atoms with Crippen molar-refractivity contribution in [3.05, 3.63) is 24.3 Å². The van der Waals surface area contributed by atoms with Crippen LogP contribution in [0.3, 0.4) is 0 Å². The third-order valence-corrected chi connectivity index (χ3v) is 2.23. The van der Waals surface area contributed by atoms with Gasteiger partial charge in [-0.05, 0) is 12.1 Å². The van der Waals surface area contributed by atoms with Crippen LogP contribution in [-0.2, 0) is 0 Å². The van der Waals surface area contributed by atoms with E-state index < -0.39 is 0 Å². The van der Waals surface area contributed by atoms with Gasteiger partial charge in [0.2, 0.25) is 5.06 Å². The van der Waals surface area contributed by atoms with E-state index in [0.29, 0.717) is 5.06 Å². The molecule has 4 heteroatoms. The van der Waals surface area contributed by atoms with E-state index in [9.17, 15) is 0 Å². The molecule has 0 spiro atoms. The molecule has 1 aromatic heterocycles. The third kappa shape index (κ3) is 0.961. The summed E-state index contributed by atoms with van der Waals surface area (Å²) in [6, 6.07) is 7.72. The van der Waals surface area contributed by atoms with Gasteiger partial charge in [0.05, 0.1) is 10.9 Å². The highest BCUT2D eigenvalue weighted by Crippen LogP contribution is 2.28. The molecule has 0 radical (unpaired) electrons. The first-order chi connectivity index (χ1) is 5.42. The van der Waals surface area contributed by atoms with Gasteiger partial charge >= 0.3 is 0 Å². The first-order valence-electron chi connectivity index (χ1n) is 3.13. The van der Waals surface area contributed by atoms with E-state index in [0.717, 1.165) is 10.9 Å². The monoisotopic (exact) mass is 166 g/mol. The van der Waals surface area contributed by atoms with Crippen LogP contribution < -0.4 is 10.7 Å². The number of hydrogen-bond donors (Lipinski definition) is 1. The molecule has 0 aliphatic rings. The van der Waals surface area contributed by atoms with Gasteiger partial charge < -0.3 is 4.84 Å². The van der Waals surface area contributed by atoms with Crippen molar-refractivity contribution in [3.8, 4) is 5.06 Å². The summed E-state index contributed by atoms with van der Waals surface area (Å²) in [5.74, 6) is 5.03. The second-order valence-electron chi connectivity index (χ2n) is 2.11. The normalized spacial score (nSPS) is 10.3. The van der Waals surface area contributed by atoms with Crippen molar-refractivity contribution in [2.75, 3.05) is 0 Å². The summed E-state index contributed by atoms with van der Waals surface area (Å²) < 4.78 is 4.13. The molecule has 3 nitrogen and oxygen atoms in total. The van der Waals surface area contributed by atoms with Crippen molar-refractivity contribution in [3.63, 3.8) is 0 Å². The van der Waals surface area contributed by atoms with Crippen LogP contribution in [0, 0.1) is 0 Å². The lowest BCUT2D eigenvalue weighted by molar-refractivity contribution is 0.348. The first-order valence-corrected chi connectivity index (χ1v) is 3.90. The molecule has 0 aliphatic carbocycles. The summed E-state index contributed by atoms with van der Waals surface area (Å²) in [7, 11) is 0. The quantitative estimate of drug-likeness (QED) is 0.654. The lowest BCUT2D eigenvalue weighted by Gasteiger charge is -1.90. The van der Waals surface area contributed by atoms with Gasteiger partial charge in [0.25, 0.3) is 0 Å². The van der Waals surface area contributed by atoms with Crippen LogP contribution in [0.2, 0.25) is 0 Å². The van der Waals surface area contributed by atoms with Crippen molar-refractivity contribution in [1.29, 1.82) is 0 Å². The van der Waals surface area contributed by atoms with Gasteiger partial charge in [-0.3, -0.25) is 0 Å². The Morgan fingerprint density at radius 3 is 3.00 bits per heavy atom. The molecule has 2 N–H and O–H groups in total. The minimum Gasteiger partial charge on any atom is -0.398 e. The van der Waals surface area contributed by atoms with Gasteiger partial charge in [0, 0.05) is 11.5 Å². The van der Waals surface area contributed by atoms with Crippen LogP contribution in [0.5, 0.6) is 5.06 Å². The van der Waals surface area contributed by atoms with E-state index in [1.165, 1.54) is 11.5 Å². The van der Waals surface area contributed by atoms with Crippen LogP contribution in [0.15, 0.2) is 24.3 Å². The van der Waals surface area contributed by atoms with E-state index in [4.69, 9.17) is 5.90 Å². The van der Waals surface area contributed by atoms with E-state index in [1.807, 2.05) is 24.3 Å². The molecule has 0 amide bonds. The Hall–Kier alpha value is -1.13. The van der Waals surface area contributed by atoms with Gasteiger partial charge in [-0.1, -0.05) is 12.1 Å². The molecular formula is C7H6N2OS. The molecule has 0 aliphatic heterocycles. The molecule has 1 heterocycles. The first kappa shape index (κ1) is 6.57. The van der Waals surface area contributed by atoms with Crippen LogP contribution in [0.1, 0.15) is 0 Å². The summed E-state index contributed by atoms with van der Waals surface area (Å²) in [5.41, 5.74) is 0.929. The number of nitrogens with zero attached hydrogens (tertiary/aromatic N) is 1. The van der Waals surface area contributed by atoms with Gasteiger partial charge in [-0.25, -0.2) is 0 Å². The molecule has 0 bridgehead atoms. The Bertz CT molecular complexity index is 371. The number of benzene rings is 1. The second-order valence-corrected chi connectivity index (χ2v) is 2.84. The van der Waals surface area contributed by atoms with Gasteiger partial charge in [-0.2, -0.15) is 10.3 Å². The minimum atomic E-state index is 0.667. The van der Waals surface area contributed by atoms with Gasteiger partial charge in [-0.15, -0.1) is 0 Å². The highest BCUT2D eigenvalue weighted by Gasteiger charge is 2.03. The van der Waals surface area contributed by atoms with E-state index >= 15 is 0 Å². The largest absolute Gasteiger partial charge is 0.398 e. The summed E-state index contributed by atoms with van der Waals surface area (Å²) in [5, 5.41) is 1.64. The van der Waals surface area contributed by atoms with E-state index in [2.05, 4.69) is 9.21 Å². The molecule has 0 unspecified atom stereocenters. The molecule has 56 valence electrons. The number of hydrogen-bond acceptors (Lipinski definition) is 4. The van der Waals surface area contributed by atoms with E-state index in [1.54, 1.807) is 0 Å². The summed E-state index contributed by atoms with van der Waals surface area (Å²) in [4.78, 5) is 4.62. The molecular weight excluding hydrogens is 160 g/mol. The molecule has 0 saturated heterocycles. The average Bonchev–Trinajstić information content (AvgIpc) is 2.47. The highest BCUT2D eigenvalue weighted by atomic mass is 32.1. The Kier molecular flexibility index (Phi) is 1.48. The fraction of sp³-hybridized carbons (Fsp3) is 0. The summed E-state index contributed by atoms with van der Waals surface area (Å²) in [6.45, 7) is 0. The topological polar surface area (TPSA) is 48.1 Å².